The molecule has 0 saturated carbocycles. The molecule has 0 radical (unpaired) electrons. The van der Waals surface area contributed by atoms with Crippen LogP contribution >= 0.6 is 0 Å². The molecule has 6 nitrogen and oxygen atoms in total. The Morgan fingerprint density at radius 1 is 1.25 bits per heavy atom. The Labute approximate surface area is 140 Å². The van der Waals surface area contributed by atoms with E-state index in [0.29, 0.717) is 42.3 Å². The molecule has 126 valence electrons. The molecule has 0 aromatic heterocycles. The van der Waals surface area contributed by atoms with E-state index >= 15 is 0 Å². The van der Waals surface area contributed by atoms with E-state index in [1.807, 2.05) is 31.2 Å². The zero-order valence-corrected chi connectivity index (χ0v) is 13.5. The first kappa shape index (κ1) is 16.0. The van der Waals surface area contributed by atoms with E-state index in [2.05, 4.69) is 5.32 Å². The molecule has 6 heteroatoms. The highest BCUT2D eigenvalue weighted by molar-refractivity contribution is 5.94. The number of anilines is 2. The van der Waals surface area contributed by atoms with Crippen molar-refractivity contribution in [3.8, 4) is 17.2 Å². The molecule has 24 heavy (non-hydrogen) atoms. The van der Waals surface area contributed by atoms with Crippen LogP contribution in [0.3, 0.4) is 0 Å². The molecule has 3 N–H and O–H groups in total. The first-order chi connectivity index (χ1) is 11.6. The van der Waals surface area contributed by atoms with Crippen molar-refractivity contribution < 1.29 is 19.0 Å². The van der Waals surface area contributed by atoms with Crippen LogP contribution in [0.2, 0.25) is 0 Å². The summed E-state index contributed by atoms with van der Waals surface area (Å²) in [7, 11) is 0. The second-order valence-corrected chi connectivity index (χ2v) is 5.56. The van der Waals surface area contributed by atoms with Gasteiger partial charge in [-0.05, 0) is 25.0 Å². The molecule has 1 amide bonds. The molecule has 0 fully saturated rings. The summed E-state index contributed by atoms with van der Waals surface area (Å²) >= 11 is 0. The minimum absolute atomic E-state index is 0.117. The van der Waals surface area contributed by atoms with Crippen molar-refractivity contribution in [2.75, 3.05) is 24.5 Å². The Morgan fingerprint density at radius 2 is 2.00 bits per heavy atom. The molecule has 2 aromatic rings. The maximum Gasteiger partial charge on any atom is 0.231 e. The van der Waals surface area contributed by atoms with Crippen LogP contribution in [0.1, 0.15) is 18.4 Å². The fourth-order valence-corrected chi connectivity index (χ4v) is 2.41. The highest BCUT2D eigenvalue weighted by atomic mass is 16.7. The Balaban J connectivity index is 1.47. The van der Waals surface area contributed by atoms with Gasteiger partial charge in [0.05, 0.1) is 18.0 Å². The minimum Gasteiger partial charge on any atom is -0.493 e. The number of para-hydroxylation sites is 1. The van der Waals surface area contributed by atoms with E-state index < -0.39 is 0 Å². The Morgan fingerprint density at radius 3 is 2.79 bits per heavy atom. The number of fused-ring (bicyclic) bond motifs is 1. The number of aryl methyl sites for hydroxylation is 1. The highest BCUT2D eigenvalue weighted by Gasteiger charge is 2.17. The predicted molar refractivity (Wildman–Crippen MR) is 91.5 cm³/mol. The van der Waals surface area contributed by atoms with Gasteiger partial charge < -0.3 is 25.3 Å². The molecule has 0 saturated heterocycles. The van der Waals surface area contributed by atoms with Crippen molar-refractivity contribution in [3.05, 3.63) is 42.0 Å². The molecule has 0 aliphatic carbocycles. The van der Waals surface area contributed by atoms with Gasteiger partial charge in [-0.3, -0.25) is 4.79 Å². The monoisotopic (exact) mass is 328 g/mol. The zero-order chi connectivity index (χ0) is 16.9. The lowest BCUT2D eigenvalue weighted by Crippen LogP contribution is -2.14. The summed E-state index contributed by atoms with van der Waals surface area (Å²) in [6.07, 6.45) is 0.963. The van der Waals surface area contributed by atoms with Crippen molar-refractivity contribution in [1.29, 1.82) is 0 Å². The second kappa shape index (κ2) is 7.12. The van der Waals surface area contributed by atoms with Crippen molar-refractivity contribution >= 4 is 17.3 Å². The maximum absolute atomic E-state index is 12.0. The molecule has 0 spiro atoms. The fraction of sp³-hybridized carbons (Fsp3) is 0.278. The average Bonchev–Trinajstić information content (AvgIpc) is 3.00. The lowest BCUT2D eigenvalue weighted by molar-refractivity contribution is -0.116. The van der Waals surface area contributed by atoms with Gasteiger partial charge >= 0.3 is 0 Å². The van der Waals surface area contributed by atoms with Gasteiger partial charge in [-0.25, -0.2) is 0 Å². The molecule has 3 rings (SSSR count). The summed E-state index contributed by atoms with van der Waals surface area (Å²) in [6.45, 7) is 2.64. The number of carbonyl (C=O) groups excluding carboxylic acids is 1. The van der Waals surface area contributed by atoms with Gasteiger partial charge in [0.2, 0.25) is 12.7 Å². The Bertz CT molecular complexity index is 746. The summed E-state index contributed by atoms with van der Waals surface area (Å²) in [5.41, 5.74) is 7.97. The summed E-state index contributed by atoms with van der Waals surface area (Å²) in [4.78, 5) is 12.0. The van der Waals surface area contributed by atoms with Gasteiger partial charge in [0.1, 0.15) is 5.75 Å². The lowest BCUT2D eigenvalue weighted by atomic mass is 10.2. The molecule has 1 aliphatic heterocycles. The Kier molecular flexibility index (Phi) is 4.74. The molecule has 2 aromatic carbocycles. The third kappa shape index (κ3) is 3.71. The number of rotatable bonds is 6. The topological polar surface area (TPSA) is 82.8 Å². The van der Waals surface area contributed by atoms with Gasteiger partial charge in [-0.2, -0.15) is 0 Å². The van der Waals surface area contributed by atoms with Crippen LogP contribution in [-0.2, 0) is 4.79 Å². The summed E-state index contributed by atoms with van der Waals surface area (Å²) < 4.78 is 16.2. The minimum atomic E-state index is -0.117. The van der Waals surface area contributed by atoms with Crippen LogP contribution in [0, 0.1) is 6.92 Å². The lowest BCUT2D eigenvalue weighted by Gasteiger charge is -2.10. The maximum atomic E-state index is 12.0. The third-order valence-corrected chi connectivity index (χ3v) is 3.72. The highest BCUT2D eigenvalue weighted by Crippen LogP contribution is 2.38. The van der Waals surface area contributed by atoms with Crippen molar-refractivity contribution in [3.63, 3.8) is 0 Å². The van der Waals surface area contributed by atoms with E-state index in [1.165, 1.54) is 0 Å². The fourth-order valence-electron chi connectivity index (χ4n) is 2.41. The summed E-state index contributed by atoms with van der Waals surface area (Å²) in [6, 6.07) is 11.1. The van der Waals surface area contributed by atoms with Crippen LogP contribution < -0.4 is 25.3 Å². The van der Waals surface area contributed by atoms with Crippen LogP contribution in [-0.4, -0.2) is 19.3 Å². The summed E-state index contributed by atoms with van der Waals surface area (Å²) in [5.74, 6) is 1.91. The van der Waals surface area contributed by atoms with Crippen molar-refractivity contribution in [1.82, 2.24) is 0 Å². The second-order valence-electron chi connectivity index (χ2n) is 5.56. The van der Waals surface area contributed by atoms with E-state index in [1.54, 1.807) is 12.1 Å². The van der Waals surface area contributed by atoms with Gasteiger partial charge in [0.25, 0.3) is 0 Å². The van der Waals surface area contributed by atoms with E-state index in [-0.39, 0.29) is 12.7 Å². The number of ether oxygens (including phenoxy) is 3. The standard InChI is InChI=1S/C18H20N2O4/c1-12-5-2-3-6-15(12)22-8-4-7-18(21)20-14-10-17-16(9-13(14)19)23-11-24-17/h2-3,5-6,9-10H,4,7-8,11,19H2,1H3,(H,20,21). The van der Waals surface area contributed by atoms with E-state index in [4.69, 9.17) is 19.9 Å². The van der Waals surface area contributed by atoms with Crippen LogP contribution in [0.4, 0.5) is 11.4 Å². The van der Waals surface area contributed by atoms with Crippen LogP contribution in [0.15, 0.2) is 36.4 Å². The third-order valence-electron chi connectivity index (χ3n) is 3.72. The number of carbonyl (C=O) groups is 1. The van der Waals surface area contributed by atoms with Crippen LogP contribution in [0.25, 0.3) is 0 Å². The molecular formula is C18H20N2O4. The van der Waals surface area contributed by atoms with Gasteiger partial charge in [0, 0.05) is 18.6 Å². The van der Waals surface area contributed by atoms with E-state index in [0.717, 1.165) is 11.3 Å². The van der Waals surface area contributed by atoms with Crippen molar-refractivity contribution in [2.24, 2.45) is 0 Å². The van der Waals surface area contributed by atoms with E-state index in [9.17, 15) is 4.79 Å². The first-order valence-corrected chi connectivity index (χ1v) is 7.81. The van der Waals surface area contributed by atoms with Gasteiger partial charge in [-0.1, -0.05) is 18.2 Å². The molecule has 1 aliphatic rings. The smallest absolute Gasteiger partial charge is 0.231 e. The SMILES string of the molecule is Cc1ccccc1OCCCC(=O)Nc1cc2c(cc1N)OCO2. The number of hydrogen-bond acceptors (Lipinski definition) is 5. The number of nitrogens with one attached hydrogen (secondary N) is 1. The Hall–Kier alpha value is -2.89. The number of hydrogen-bond donors (Lipinski definition) is 2. The molecule has 1 heterocycles. The van der Waals surface area contributed by atoms with Crippen LogP contribution in [0.5, 0.6) is 17.2 Å². The number of nitrogens with two attached hydrogens (primary N) is 1. The number of amides is 1. The number of benzene rings is 2. The predicted octanol–water partition coefficient (Wildman–Crippen LogP) is 3.10. The molecule has 0 atom stereocenters. The van der Waals surface area contributed by atoms with Gasteiger partial charge in [-0.15, -0.1) is 0 Å². The summed E-state index contributed by atoms with van der Waals surface area (Å²) in [5, 5.41) is 2.79. The van der Waals surface area contributed by atoms with Gasteiger partial charge in [0.15, 0.2) is 11.5 Å². The number of nitrogen functional groups attached to an aromatic ring is 1. The van der Waals surface area contributed by atoms with Crippen molar-refractivity contribution in [2.45, 2.75) is 19.8 Å². The molecule has 0 unspecified atom stereocenters. The molecular weight excluding hydrogens is 308 g/mol. The first-order valence-electron chi connectivity index (χ1n) is 7.81. The molecule has 0 bridgehead atoms. The normalized spacial score (nSPS) is 12.0. The average molecular weight is 328 g/mol. The zero-order valence-electron chi connectivity index (χ0n) is 13.5. The largest absolute Gasteiger partial charge is 0.493 e. The quantitative estimate of drug-likeness (QED) is 0.629.